The molecule has 0 radical (unpaired) electrons. The second-order valence-electron chi connectivity index (χ2n) is 3.94. The van der Waals surface area contributed by atoms with Gasteiger partial charge in [0.25, 0.3) is 0 Å². The maximum atomic E-state index is 6.08. The first-order chi connectivity index (χ1) is 5.11. The van der Waals surface area contributed by atoms with Gasteiger partial charge in [0.15, 0.2) is 0 Å². The summed E-state index contributed by atoms with van der Waals surface area (Å²) in [6.45, 7) is 4.48. The molecular formula is C9H13NS. The second kappa shape index (κ2) is 2.08. The number of rotatable bonds is 0. The Hall–Kier alpha value is -0.340. The molecule has 1 heterocycles. The van der Waals surface area contributed by atoms with Gasteiger partial charge in [-0.15, -0.1) is 11.3 Å². The van der Waals surface area contributed by atoms with Crippen molar-refractivity contribution in [1.82, 2.24) is 0 Å². The van der Waals surface area contributed by atoms with Gasteiger partial charge in [0.1, 0.15) is 0 Å². The summed E-state index contributed by atoms with van der Waals surface area (Å²) >= 11 is 1.84. The molecule has 1 nitrogen and oxygen atoms in total. The van der Waals surface area contributed by atoms with Gasteiger partial charge in [0, 0.05) is 10.9 Å². The molecule has 0 unspecified atom stereocenters. The molecule has 0 amide bonds. The SMILES string of the molecule is CC1(C)Cc2sccc2[C@H]1N. The van der Waals surface area contributed by atoms with E-state index >= 15 is 0 Å². The average Bonchev–Trinajstić information content (AvgIpc) is 2.39. The number of thiophene rings is 1. The lowest BCUT2D eigenvalue weighted by Gasteiger charge is -2.23. The van der Waals surface area contributed by atoms with E-state index in [1.807, 2.05) is 11.3 Å². The van der Waals surface area contributed by atoms with E-state index in [1.165, 1.54) is 10.4 Å². The normalized spacial score (nSPS) is 27.0. The van der Waals surface area contributed by atoms with Crippen molar-refractivity contribution >= 4 is 11.3 Å². The Bertz CT molecular complexity index is 275. The smallest absolute Gasteiger partial charge is 0.0361 e. The van der Waals surface area contributed by atoms with E-state index < -0.39 is 0 Å². The van der Waals surface area contributed by atoms with Gasteiger partial charge in [0.05, 0.1) is 0 Å². The van der Waals surface area contributed by atoms with Crippen LogP contribution in [0.25, 0.3) is 0 Å². The van der Waals surface area contributed by atoms with Crippen LogP contribution in [0.1, 0.15) is 30.3 Å². The third-order valence-corrected chi connectivity index (χ3v) is 3.51. The molecule has 0 bridgehead atoms. The average molecular weight is 167 g/mol. The highest BCUT2D eigenvalue weighted by atomic mass is 32.1. The summed E-state index contributed by atoms with van der Waals surface area (Å²) in [7, 11) is 0. The Balaban J connectivity index is 2.45. The van der Waals surface area contributed by atoms with Crippen molar-refractivity contribution in [2.75, 3.05) is 0 Å². The van der Waals surface area contributed by atoms with Crippen LogP contribution < -0.4 is 5.73 Å². The van der Waals surface area contributed by atoms with Crippen LogP contribution in [0.2, 0.25) is 0 Å². The molecule has 2 N–H and O–H groups in total. The quantitative estimate of drug-likeness (QED) is 0.630. The minimum atomic E-state index is 0.253. The summed E-state index contributed by atoms with van der Waals surface area (Å²) in [5.41, 5.74) is 7.73. The number of nitrogens with two attached hydrogens (primary N) is 1. The summed E-state index contributed by atoms with van der Waals surface area (Å²) in [6.07, 6.45) is 1.15. The molecule has 1 aromatic rings. The summed E-state index contributed by atoms with van der Waals surface area (Å²) < 4.78 is 0. The maximum absolute atomic E-state index is 6.08. The first kappa shape index (κ1) is 7.32. The first-order valence-electron chi connectivity index (χ1n) is 3.93. The van der Waals surface area contributed by atoms with Gasteiger partial charge in [-0.25, -0.2) is 0 Å². The van der Waals surface area contributed by atoms with Crippen LogP contribution >= 0.6 is 11.3 Å². The minimum Gasteiger partial charge on any atom is -0.323 e. The Kier molecular flexibility index (Phi) is 1.38. The Labute approximate surface area is 71.2 Å². The summed E-state index contributed by atoms with van der Waals surface area (Å²) in [6, 6.07) is 2.42. The van der Waals surface area contributed by atoms with Gasteiger partial charge in [-0.05, 0) is 28.8 Å². The fourth-order valence-corrected chi connectivity index (χ4v) is 2.88. The molecule has 1 aliphatic carbocycles. The molecule has 0 aliphatic heterocycles. The second-order valence-corrected chi connectivity index (χ2v) is 4.94. The predicted molar refractivity (Wildman–Crippen MR) is 48.7 cm³/mol. The molecule has 0 spiro atoms. The molecule has 0 saturated heterocycles. The summed E-state index contributed by atoms with van der Waals surface area (Å²) in [5, 5.41) is 2.14. The standard InChI is InChI=1S/C9H13NS/c1-9(2)5-7-6(8(9)10)3-4-11-7/h3-4,8H,5,10H2,1-2H3/t8-/m1/s1. The van der Waals surface area contributed by atoms with Crippen molar-refractivity contribution in [2.45, 2.75) is 26.3 Å². The highest BCUT2D eigenvalue weighted by Crippen LogP contribution is 2.45. The Morgan fingerprint density at radius 3 is 3.00 bits per heavy atom. The fraction of sp³-hybridized carbons (Fsp3) is 0.556. The van der Waals surface area contributed by atoms with Gasteiger partial charge in [0.2, 0.25) is 0 Å². The number of fused-ring (bicyclic) bond motifs is 1. The molecule has 0 fully saturated rings. The monoisotopic (exact) mass is 167 g/mol. The Morgan fingerprint density at radius 2 is 2.36 bits per heavy atom. The van der Waals surface area contributed by atoms with Crippen molar-refractivity contribution in [3.63, 3.8) is 0 Å². The molecule has 1 aromatic heterocycles. The van der Waals surface area contributed by atoms with E-state index in [1.54, 1.807) is 0 Å². The molecular weight excluding hydrogens is 154 g/mol. The summed E-state index contributed by atoms with van der Waals surface area (Å²) in [4.78, 5) is 1.49. The van der Waals surface area contributed by atoms with E-state index in [0.29, 0.717) is 0 Å². The Morgan fingerprint density at radius 1 is 1.64 bits per heavy atom. The van der Waals surface area contributed by atoms with Gasteiger partial charge in [-0.1, -0.05) is 13.8 Å². The van der Waals surface area contributed by atoms with Gasteiger partial charge in [-0.3, -0.25) is 0 Å². The molecule has 2 heteroatoms. The van der Waals surface area contributed by atoms with E-state index in [0.717, 1.165) is 6.42 Å². The minimum absolute atomic E-state index is 0.253. The lowest BCUT2D eigenvalue weighted by Crippen LogP contribution is -2.24. The molecule has 1 atom stereocenters. The molecule has 11 heavy (non-hydrogen) atoms. The van der Waals surface area contributed by atoms with Crippen LogP contribution in [0.5, 0.6) is 0 Å². The molecule has 60 valence electrons. The van der Waals surface area contributed by atoms with Crippen molar-refractivity contribution < 1.29 is 0 Å². The van der Waals surface area contributed by atoms with Crippen molar-refractivity contribution in [3.05, 3.63) is 21.9 Å². The lowest BCUT2D eigenvalue weighted by molar-refractivity contribution is 0.319. The van der Waals surface area contributed by atoms with Gasteiger partial charge >= 0.3 is 0 Å². The van der Waals surface area contributed by atoms with Crippen LogP contribution in [-0.2, 0) is 6.42 Å². The van der Waals surface area contributed by atoms with E-state index in [9.17, 15) is 0 Å². The highest BCUT2D eigenvalue weighted by Gasteiger charge is 2.36. The zero-order valence-corrected chi connectivity index (χ0v) is 7.74. The van der Waals surface area contributed by atoms with E-state index in [-0.39, 0.29) is 11.5 Å². The van der Waals surface area contributed by atoms with E-state index in [2.05, 4.69) is 25.3 Å². The fourth-order valence-electron chi connectivity index (χ4n) is 1.72. The number of hydrogen-bond donors (Lipinski definition) is 1. The van der Waals surface area contributed by atoms with Crippen molar-refractivity contribution in [2.24, 2.45) is 11.1 Å². The zero-order valence-electron chi connectivity index (χ0n) is 6.92. The van der Waals surface area contributed by atoms with Gasteiger partial charge in [-0.2, -0.15) is 0 Å². The maximum Gasteiger partial charge on any atom is 0.0361 e. The molecule has 0 saturated carbocycles. The molecule has 1 aliphatic rings. The highest BCUT2D eigenvalue weighted by molar-refractivity contribution is 7.10. The first-order valence-corrected chi connectivity index (χ1v) is 4.81. The largest absolute Gasteiger partial charge is 0.323 e. The number of hydrogen-bond acceptors (Lipinski definition) is 2. The van der Waals surface area contributed by atoms with Crippen molar-refractivity contribution in [1.29, 1.82) is 0 Å². The van der Waals surface area contributed by atoms with Crippen LogP contribution in [0.3, 0.4) is 0 Å². The van der Waals surface area contributed by atoms with Crippen LogP contribution in [-0.4, -0.2) is 0 Å². The molecule has 2 rings (SSSR count). The van der Waals surface area contributed by atoms with Crippen molar-refractivity contribution in [3.8, 4) is 0 Å². The third kappa shape index (κ3) is 0.932. The topological polar surface area (TPSA) is 26.0 Å². The van der Waals surface area contributed by atoms with Crippen LogP contribution in [0, 0.1) is 5.41 Å². The lowest BCUT2D eigenvalue weighted by atomic mass is 9.86. The van der Waals surface area contributed by atoms with Crippen LogP contribution in [0.15, 0.2) is 11.4 Å². The summed E-state index contributed by atoms with van der Waals surface area (Å²) in [5.74, 6) is 0. The van der Waals surface area contributed by atoms with E-state index in [4.69, 9.17) is 5.73 Å². The third-order valence-electron chi connectivity index (χ3n) is 2.57. The zero-order chi connectivity index (χ0) is 8.06. The molecule has 0 aromatic carbocycles. The predicted octanol–water partition coefficient (Wildman–Crippen LogP) is 2.33. The van der Waals surface area contributed by atoms with Crippen LogP contribution in [0.4, 0.5) is 0 Å². The van der Waals surface area contributed by atoms with Gasteiger partial charge < -0.3 is 5.73 Å².